The van der Waals surface area contributed by atoms with E-state index in [4.69, 9.17) is 0 Å². The molecule has 72 valence electrons. The zero-order valence-corrected chi connectivity index (χ0v) is 8.79. The van der Waals surface area contributed by atoms with Crippen molar-refractivity contribution in [2.45, 2.75) is 19.6 Å². The first-order valence-electron chi connectivity index (χ1n) is 3.97. The fourth-order valence-corrected chi connectivity index (χ4v) is 2.84. The molecule has 0 heterocycles. The van der Waals surface area contributed by atoms with Crippen LogP contribution < -0.4 is 5.19 Å². The van der Waals surface area contributed by atoms with E-state index in [-0.39, 0.29) is 5.19 Å². The number of benzene rings is 1. The molecular weight excluding hydrogens is 193 g/mol. The van der Waals surface area contributed by atoms with Crippen LogP contribution in [0.1, 0.15) is 0 Å². The number of halogens is 3. The van der Waals surface area contributed by atoms with Crippen LogP contribution in [-0.2, 0) is 0 Å². The van der Waals surface area contributed by atoms with E-state index in [1.165, 1.54) is 0 Å². The van der Waals surface area contributed by atoms with Gasteiger partial charge in [0.25, 0.3) is 0 Å². The molecule has 0 atom stereocenters. The maximum absolute atomic E-state index is 13.2. The topological polar surface area (TPSA) is 0 Å². The Morgan fingerprint density at radius 2 is 1.31 bits per heavy atom. The van der Waals surface area contributed by atoms with E-state index >= 15 is 0 Å². The highest BCUT2D eigenvalue weighted by Gasteiger charge is 2.25. The van der Waals surface area contributed by atoms with Crippen molar-refractivity contribution in [3.05, 3.63) is 29.6 Å². The molecule has 0 aliphatic heterocycles. The largest absolute Gasteiger partial charge is 0.207 e. The summed E-state index contributed by atoms with van der Waals surface area (Å²) in [7, 11) is -2.06. The zero-order valence-electron chi connectivity index (χ0n) is 7.79. The minimum Gasteiger partial charge on any atom is -0.207 e. The third-order valence-corrected chi connectivity index (χ3v) is 3.73. The summed E-state index contributed by atoms with van der Waals surface area (Å²) in [6.07, 6.45) is 0. The summed E-state index contributed by atoms with van der Waals surface area (Å²) in [5.41, 5.74) is 0. The van der Waals surface area contributed by atoms with Gasteiger partial charge in [0.15, 0.2) is 0 Å². The molecule has 0 fully saturated rings. The Morgan fingerprint density at radius 3 is 1.62 bits per heavy atom. The number of rotatable bonds is 1. The Labute approximate surface area is 76.4 Å². The van der Waals surface area contributed by atoms with E-state index in [9.17, 15) is 13.2 Å². The van der Waals surface area contributed by atoms with Gasteiger partial charge in [-0.15, -0.1) is 0 Å². The number of hydrogen-bond acceptors (Lipinski definition) is 0. The van der Waals surface area contributed by atoms with E-state index in [1.54, 1.807) is 0 Å². The molecule has 0 radical (unpaired) electrons. The van der Waals surface area contributed by atoms with Crippen LogP contribution in [0.25, 0.3) is 0 Å². The fourth-order valence-electron chi connectivity index (χ4n) is 1.26. The average molecular weight is 204 g/mol. The standard InChI is InChI=1S/C9H11F3Si/c1-13(2,3)9-7(11)4-6(10)5-8(9)12/h4-5H,1-3H3. The predicted octanol–water partition coefficient (Wildman–Crippen LogP) is 2.65. The lowest BCUT2D eigenvalue weighted by molar-refractivity contribution is 0.552. The van der Waals surface area contributed by atoms with Gasteiger partial charge in [-0.2, -0.15) is 0 Å². The van der Waals surface area contributed by atoms with Gasteiger partial charge in [-0.3, -0.25) is 0 Å². The Bertz CT molecular complexity index is 305. The first-order chi connectivity index (χ1) is 5.82. The maximum Gasteiger partial charge on any atom is 0.129 e. The van der Waals surface area contributed by atoms with Gasteiger partial charge in [0.1, 0.15) is 17.5 Å². The van der Waals surface area contributed by atoms with Crippen LogP contribution in [-0.4, -0.2) is 8.07 Å². The Hall–Kier alpha value is -0.773. The second kappa shape index (κ2) is 3.18. The summed E-state index contributed by atoms with van der Waals surface area (Å²) in [5.74, 6) is -2.40. The van der Waals surface area contributed by atoms with Crippen LogP contribution in [0.3, 0.4) is 0 Å². The van der Waals surface area contributed by atoms with Crippen molar-refractivity contribution in [2.75, 3.05) is 0 Å². The van der Waals surface area contributed by atoms with Crippen LogP contribution in [0.15, 0.2) is 12.1 Å². The second-order valence-electron chi connectivity index (χ2n) is 3.99. The molecule has 4 heteroatoms. The van der Waals surface area contributed by atoms with Gasteiger partial charge in [0, 0.05) is 17.3 Å². The third-order valence-electron chi connectivity index (χ3n) is 1.76. The quantitative estimate of drug-likeness (QED) is 0.617. The van der Waals surface area contributed by atoms with Crippen molar-refractivity contribution in [3.63, 3.8) is 0 Å². The van der Waals surface area contributed by atoms with Gasteiger partial charge in [0.2, 0.25) is 0 Å². The minimum atomic E-state index is -2.06. The molecule has 0 bridgehead atoms. The third kappa shape index (κ3) is 2.12. The van der Waals surface area contributed by atoms with Crippen LogP contribution in [0, 0.1) is 17.5 Å². The summed E-state index contributed by atoms with van der Waals surface area (Å²) in [6.45, 7) is 5.44. The molecule has 1 rings (SSSR count). The molecule has 1 aromatic rings. The summed E-state index contributed by atoms with van der Waals surface area (Å²) in [4.78, 5) is 0. The second-order valence-corrected chi connectivity index (χ2v) is 8.99. The zero-order chi connectivity index (χ0) is 10.2. The lowest BCUT2D eigenvalue weighted by atomic mass is 10.3. The van der Waals surface area contributed by atoms with Crippen LogP contribution in [0.5, 0.6) is 0 Å². The van der Waals surface area contributed by atoms with Gasteiger partial charge >= 0.3 is 0 Å². The molecule has 0 spiro atoms. The molecule has 13 heavy (non-hydrogen) atoms. The van der Waals surface area contributed by atoms with Crippen molar-refractivity contribution in [1.82, 2.24) is 0 Å². The van der Waals surface area contributed by atoms with Crippen molar-refractivity contribution in [2.24, 2.45) is 0 Å². The van der Waals surface area contributed by atoms with Gasteiger partial charge in [-0.1, -0.05) is 19.6 Å². The molecular formula is C9H11F3Si. The van der Waals surface area contributed by atoms with Crippen molar-refractivity contribution >= 4 is 13.3 Å². The van der Waals surface area contributed by atoms with Crippen molar-refractivity contribution in [1.29, 1.82) is 0 Å². The van der Waals surface area contributed by atoms with Gasteiger partial charge in [-0.05, 0) is 0 Å². The summed E-state index contributed by atoms with van der Waals surface area (Å²) < 4.78 is 38.9. The van der Waals surface area contributed by atoms with Crippen LogP contribution in [0.2, 0.25) is 19.6 Å². The smallest absolute Gasteiger partial charge is 0.129 e. The Balaban J connectivity index is 3.38. The molecule has 0 saturated heterocycles. The van der Waals surface area contributed by atoms with E-state index in [0.717, 1.165) is 12.1 Å². The first-order valence-corrected chi connectivity index (χ1v) is 7.47. The maximum atomic E-state index is 13.2. The van der Waals surface area contributed by atoms with Crippen LogP contribution in [0.4, 0.5) is 13.2 Å². The van der Waals surface area contributed by atoms with E-state index in [1.807, 2.05) is 19.6 Å². The lowest BCUT2D eigenvalue weighted by Crippen LogP contribution is -2.42. The van der Waals surface area contributed by atoms with E-state index in [2.05, 4.69) is 0 Å². The molecule has 0 saturated carbocycles. The minimum absolute atomic E-state index is 0.0638. The van der Waals surface area contributed by atoms with E-state index in [0.29, 0.717) is 0 Å². The van der Waals surface area contributed by atoms with Crippen LogP contribution >= 0.6 is 0 Å². The molecule has 1 aromatic carbocycles. The average Bonchev–Trinajstić information content (AvgIpc) is 1.78. The summed E-state index contributed by atoms with van der Waals surface area (Å²) >= 11 is 0. The Morgan fingerprint density at radius 1 is 0.923 bits per heavy atom. The van der Waals surface area contributed by atoms with Gasteiger partial charge < -0.3 is 0 Å². The van der Waals surface area contributed by atoms with Crippen molar-refractivity contribution < 1.29 is 13.2 Å². The predicted molar refractivity (Wildman–Crippen MR) is 49.3 cm³/mol. The fraction of sp³-hybridized carbons (Fsp3) is 0.333. The molecule has 0 amide bonds. The summed E-state index contributed by atoms with van der Waals surface area (Å²) in [5, 5.41) is 0.0638. The monoisotopic (exact) mass is 204 g/mol. The highest BCUT2D eigenvalue weighted by atomic mass is 28.3. The molecule has 0 N–H and O–H groups in total. The SMILES string of the molecule is C[Si](C)(C)c1c(F)cc(F)cc1F. The molecule has 0 aliphatic carbocycles. The Kier molecular flexibility index (Phi) is 2.52. The van der Waals surface area contributed by atoms with Crippen molar-refractivity contribution in [3.8, 4) is 0 Å². The normalized spacial score (nSPS) is 11.8. The van der Waals surface area contributed by atoms with E-state index < -0.39 is 25.5 Å². The number of hydrogen-bond donors (Lipinski definition) is 0. The summed E-state index contributed by atoms with van der Waals surface area (Å²) in [6, 6.07) is 1.47. The van der Waals surface area contributed by atoms with Gasteiger partial charge in [0.05, 0.1) is 8.07 Å². The molecule has 0 unspecified atom stereocenters. The molecule has 0 aromatic heterocycles. The molecule has 0 aliphatic rings. The highest BCUT2D eigenvalue weighted by molar-refractivity contribution is 6.88. The highest BCUT2D eigenvalue weighted by Crippen LogP contribution is 2.11. The lowest BCUT2D eigenvalue weighted by Gasteiger charge is -2.18. The molecule has 0 nitrogen and oxygen atoms in total. The van der Waals surface area contributed by atoms with Gasteiger partial charge in [-0.25, -0.2) is 13.2 Å². The first kappa shape index (κ1) is 10.3.